The molecular formula is C27H32N2O5. The van der Waals surface area contributed by atoms with E-state index in [1.165, 1.54) is 0 Å². The number of nitrogens with zero attached hydrogens (tertiary/aromatic N) is 1. The Balaban J connectivity index is 1.85. The molecule has 1 aliphatic rings. The molecule has 34 heavy (non-hydrogen) atoms. The highest BCUT2D eigenvalue weighted by Crippen LogP contribution is 2.37. The third-order valence-electron chi connectivity index (χ3n) is 5.95. The first-order valence-electron chi connectivity index (χ1n) is 11.5. The first kappa shape index (κ1) is 25.2. The standard InChI is InChI=1S/C27H32N2O5/c1-5-34-27(32)25-19(3)29(24(30)16-23(25)21-10-6-18(2)7-11-21)17-20-8-12-22(13-9-20)26(31)28-14-15-33-4/h6-13,23H,5,14-17H2,1-4H3,(H,28,31). The lowest BCUT2D eigenvalue weighted by Gasteiger charge is -2.34. The summed E-state index contributed by atoms with van der Waals surface area (Å²) in [6, 6.07) is 15.0. The Morgan fingerprint density at radius 1 is 1.06 bits per heavy atom. The molecule has 7 nitrogen and oxygen atoms in total. The van der Waals surface area contributed by atoms with Crippen molar-refractivity contribution in [2.24, 2.45) is 0 Å². The van der Waals surface area contributed by atoms with Gasteiger partial charge in [0.2, 0.25) is 5.91 Å². The highest BCUT2D eigenvalue weighted by Gasteiger charge is 2.36. The van der Waals surface area contributed by atoms with Crippen molar-refractivity contribution in [2.45, 2.75) is 39.7 Å². The van der Waals surface area contributed by atoms with Crippen LogP contribution in [-0.4, -0.2) is 49.6 Å². The van der Waals surface area contributed by atoms with E-state index in [1.54, 1.807) is 38.0 Å². The fraction of sp³-hybridized carbons (Fsp3) is 0.370. The molecule has 0 aromatic heterocycles. The number of hydrogen-bond acceptors (Lipinski definition) is 5. The summed E-state index contributed by atoms with van der Waals surface area (Å²) in [7, 11) is 1.58. The number of hydrogen-bond donors (Lipinski definition) is 1. The van der Waals surface area contributed by atoms with Gasteiger partial charge in [-0.25, -0.2) is 4.79 Å². The Kier molecular flexibility index (Phi) is 8.60. The van der Waals surface area contributed by atoms with Crippen LogP contribution in [-0.2, 0) is 25.6 Å². The predicted octanol–water partition coefficient (Wildman–Crippen LogP) is 3.72. The lowest BCUT2D eigenvalue weighted by atomic mass is 9.83. The van der Waals surface area contributed by atoms with Crippen LogP contribution in [0.3, 0.4) is 0 Å². The first-order valence-corrected chi connectivity index (χ1v) is 11.5. The van der Waals surface area contributed by atoms with Crippen LogP contribution in [0.25, 0.3) is 0 Å². The van der Waals surface area contributed by atoms with Gasteiger partial charge in [0, 0.05) is 37.3 Å². The second kappa shape index (κ2) is 11.6. The Morgan fingerprint density at radius 2 is 1.74 bits per heavy atom. The van der Waals surface area contributed by atoms with Crippen LogP contribution in [0, 0.1) is 6.92 Å². The minimum Gasteiger partial charge on any atom is -0.463 e. The lowest BCUT2D eigenvalue weighted by molar-refractivity contribution is -0.140. The molecule has 1 aliphatic heterocycles. The number of nitrogens with one attached hydrogen (secondary N) is 1. The second-order valence-corrected chi connectivity index (χ2v) is 8.31. The predicted molar refractivity (Wildman–Crippen MR) is 129 cm³/mol. The van der Waals surface area contributed by atoms with Crippen LogP contribution in [0.1, 0.15) is 53.2 Å². The number of amides is 2. The Labute approximate surface area is 200 Å². The summed E-state index contributed by atoms with van der Waals surface area (Å²) in [6.45, 7) is 7.01. The van der Waals surface area contributed by atoms with Crippen molar-refractivity contribution >= 4 is 17.8 Å². The zero-order valence-corrected chi connectivity index (χ0v) is 20.2. The third-order valence-corrected chi connectivity index (χ3v) is 5.95. The molecule has 1 heterocycles. The number of ether oxygens (including phenoxy) is 2. The highest BCUT2D eigenvalue weighted by molar-refractivity contribution is 5.96. The topological polar surface area (TPSA) is 84.9 Å². The molecule has 1 unspecified atom stereocenters. The Hall–Kier alpha value is -3.45. The average molecular weight is 465 g/mol. The summed E-state index contributed by atoms with van der Waals surface area (Å²) in [4.78, 5) is 39.9. The van der Waals surface area contributed by atoms with Crippen molar-refractivity contribution in [1.82, 2.24) is 10.2 Å². The Bertz CT molecular complexity index is 1060. The molecule has 2 aromatic carbocycles. The minimum absolute atomic E-state index is 0.0579. The normalized spacial score (nSPS) is 15.9. The largest absolute Gasteiger partial charge is 0.463 e. The summed E-state index contributed by atoms with van der Waals surface area (Å²) in [5, 5.41) is 2.78. The monoisotopic (exact) mass is 464 g/mol. The summed E-state index contributed by atoms with van der Waals surface area (Å²) in [5.74, 6) is -0.982. The molecule has 180 valence electrons. The van der Waals surface area contributed by atoms with Crippen molar-refractivity contribution in [3.8, 4) is 0 Å². The third kappa shape index (κ3) is 5.91. The van der Waals surface area contributed by atoms with Gasteiger partial charge < -0.3 is 19.7 Å². The van der Waals surface area contributed by atoms with E-state index in [9.17, 15) is 14.4 Å². The maximum absolute atomic E-state index is 13.2. The van der Waals surface area contributed by atoms with Crippen LogP contribution < -0.4 is 5.32 Å². The zero-order valence-electron chi connectivity index (χ0n) is 20.2. The van der Waals surface area contributed by atoms with Gasteiger partial charge in [0.1, 0.15) is 0 Å². The van der Waals surface area contributed by atoms with Gasteiger partial charge in [-0.1, -0.05) is 42.0 Å². The molecule has 7 heteroatoms. The minimum atomic E-state index is -0.397. The number of benzene rings is 2. The number of esters is 1. The van der Waals surface area contributed by atoms with E-state index in [0.29, 0.717) is 36.5 Å². The fourth-order valence-corrected chi connectivity index (χ4v) is 4.07. The summed E-state index contributed by atoms with van der Waals surface area (Å²) < 4.78 is 10.3. The Morgan fingerprint density at radius 3 is 2.35 bits per heavy atom. The van der Waals surface area contributed by atoms with E-state index in [1.807, 2.05) is 43.3 Å². The molecule has 2 aromatic rings. The van der Waals surface area contributed by atoms with E-state index in [0.717, 1.165) is 16.7 Å². The van der Waals surface area contributed by atoms with E-state index in [-0.39, 0.29) is 30.8 Å². The molecule has 0 spiro atoms. The van der Waals surface area contributed by atoms with Crippen molar-refractivity contribution in [1.29, 1.82) is 0 Å². The smallest absolute Gasteiger partial charge is 0.336 e. The fourth-order valence-electron chi connectivity index (χ4n) is 4.07. The van der Waals surface area contributed by atoms with E-state index in [2.05, 4.69) is 5.32 Å². The number of methoxy groups -OCH3 is 1. The van der Waals surface area contributed by atoms with Gasteiger partial charge in [-0.3, -0.25) is 9.59 Å². The molecule has 0 radical (unpaired) electrons. The van der Waals surface area contributed by atoms with Crippen LogP contribution in [0.4, 0.5) is 0 Å². The van der Waals surface area contributed by atoms with Gasteiger partial charge >= 0.3 is 5.97 Å². The number of allylic oxidation sites excluding steroid dienone is 1. The summed E-state index contributed by atoms with van der Waals surface area (Å²) in [5.41, 5.74) is 4.54. The highest BCUT2D eigenvalue weighted by atomic mass is 16.5. The van der Waals surface area contributed by atoms with Crippen LogP contribution in [0.2, 0.25) is 0 Å². The van der Waals surface area contributed by atoms with E-state index < -0.39 is 5.97 Å². The van der Waals surface area contributed by atoms with Crippen molar-refractivity contribution in [3.63, 3.8) is 0 Å². The molecule has 2 amide bonds. The number of carbonyl (C=O) groups excluding carboxylic acids is 3. The van der Waals surface area contributed by atoms with Gasteiger partial charge in [0.25, 0.3) is 5.91 Å². The van der Waals surface area contributed by atoms with Crippen molar-refractivity contribution in [2.75, 3.05) is 26.9 Å². The maximum Gasteiger partial charge on any atom is 0.336 e. The first-order chi connectivity index (χ1) is 16.3. The number of aryl methyl sites for hydroxylation is 1. The van der Waals surface area contributed by atoms with E-state index in [4.69, 9.17) is 9.47 Å². The average Bonchev–Trinajstić information content (AvgIpc) is 2.82. The zero-order chi connectivity index (χ0) is 24.7. The second-order valence-electron chi connectivity index (χ2n) is 8.31. The summed E-state index contributed by atoms with van der Waals surface area (Å²) in [6.07, 6.45) is 0.189. The SMILES string of the molecule is CCOC(=O)C1=C(C)N(Cc2ccc(C(=O)NCCOC)cc2)C(=O)CC1c1ccc(C)cc1. The lowest BCUT2D eigenvalue weighted by Crippen LogP contribution is -2.38. The molecule has 0 saturated heterocycles. The van der Waals surface area contributed by atoms with Gasteiger partial charge in [0.05, 0.1) is 25.3 Å². The summed E-state index contributed by atoms with van der Waals surface area (Å²) >= 11 is 0. The molecule has 0 saturated carbocycles. The molecule has 1 N–H and O–H groups in total. The van der Waals surface area contributed by atoms with Crippen molar-refractivity contribution < 1.29 is 23.9 Å². The van der Waals surface area contributed by atoms with Gasteiger partial charge in [-0.05, 0) is 44.0 Å². The van der Waals surface area contributed by atoms with Gasteiger partial charge in [0.15, 0.2) is 0 Å². The number of rotatable bonds is 9. The van der Waals surface area contributed by atoms with Gasteiger partial charge in [-0.2, -0.15) is 0 Å². The quantitative estimate of drug-likeness (QED) is 0.452. The van der Waals surface area contributed by atoms with Crippen molar-refractivity contribution in [3.05, 3.63) is 82.1 Å². The molecule has 0 bridgehead atoms. The molecule has 3 rings (SSSR count). The van der Waals surface area contributed by atoms with Gasteiger partial charge in [-0.15, -0.1) is 0 Å². The van der Waals surface area contributed by atoms with Crippen LogP contribution in [0.5, 0.6) is 0 Å². The van der Waals surface area contributed by atoms with Crippen LogP contribution in [0.15, 0.2) is 59.8 Å². The number of carbonyl (C=O) groups is 3. The maximum atomic E-state index is 13.2. The molecule has 1 atom stereocenters. The van der Waals surface area contributed by atoms with E-state index >= 15 is 0 Å². The molecule has 0 fully saturated rings. The molecule has 0 aliphatic carbocycles. The van der Waals surface area contributed by atoms with Crippen LogP contribution >= 0.6 is 0 Å². The molecular weight excluding hydrogens is 432 g/mol.